The van der Waals surface area contributed by atoms with E-state index in [1.54, 1.807) is 6.08 Å². The van der Waals surface area contributed by atoms with E-state index in [-0.39, 0.29) is 7.43 Å². The molecule has 0 spiro atoms. The van der Waals surface area contributed by atoms with Crippen molar-refractivity contribution in [3.63, 3.8) is 0 Å². The van der Waals surface area contributed by atoms with Crippen molar-refractivity contribution in [3.05, 3.63) is 54.8 Å². The molecule has 1 aromatic carbocycles. The van der Waals surface area contributed by atoms with Gasteiger partial charge in [-0.1, -0.05) is 44.4 Å². The van der Waals surface area contributed by atoms with Crippen LogP contribution in [0.5, 0.6) is 0 Å². The first-order valence-corrected chi connectivity index (χ1v) is 4.18. The van der Waals surface area contributed by atoms with Gasteiger partial charge in [0.2, 0.25) is 0 Å². The number of allylic oxidation sites excluding steroid dienone is 2. The number of para-hydroxylation sites is 1. The van der Waals surface area contributed by atoms with Crippen molar-refractivity contribution in [1.29, 1.82) is 0 Å². The summed E-state index contributed by atoms with van der Waals surface area (Å²) in [6, 6.07) is 9.96. The highest BCUT2D eigenvalue weighted by atomic mass is 16.3. The van der Waals surface area contributed by atoms with Crippen LogP contribution in [0.3, 0.4) is 0 Å². The zero-order valence-electron chi connectivity index (χ0n) is 7.23. The molecule has 0 aliphatic rings. The van der Waals surface area contributed by atoms with Crippen molar-refractivity contribution in [2.75, 3.05) is 0 Å². The smallest absolute Gasteiger partial charge is 0.134 e. The lowest BCUT2D eigenvalue weighted by Crippen LogP contribution is -1.57. The van der Waals surface area contributed by atoms with E-state index in [1.807, 2.05) is 42.5 Å². The van der Waals surface area contributed by atoms with Gasteiger partial charge in [0, 0.05) is 5.39 Å². The predicted molar refractivity (Wildman–Crippen MR) is 62.2 cm³/mol. The molecule has 72 valence electrons. The van der Waals surface area contributed by atoms with Gasteiger partial charge in [0.15, 0.2) is 0 Å². The second-order valence-corrected chi connectivity index (χ2v) is 2.78. The van der Waals surface area contributed by atoms with E-state index in [0.29, 0.717) is 0 Å². The monoisotopic (exact) mass is 186 g/mol. The van der Waals surface area contributed by atoms with Crippen LogP contribution in [-0.2, 0) is 0 Å². The van der Waals surface area contributed by atoms with Crippen LogP contribution in [0.2, 0.25) is 0 Å². The summed E-state index contributed by atoms with van der Waals surface area (Å²) in [6.07, 6.45) is 5.48. The molecule has 0 saturated heterocycles. The zero-order chi connectivity index (χ0) is 9.10. The number of hydrogen-bond donors (Lipinski definition) is 0. The summed E-state index contributed by atoms with van der Waals surface area (Å²) in [4.78, 5) is 0. The van der Waals surface area contributed by atoms with E-state index < -0.39 is 0 Å². The molecule has 1 aromatic heterocycles. The molecule has 0 fully saturated rings. The van der Waals surface area contributed by atoms with Crippen LogP contribution in [0.1, 0.15) is 13.2 Å². The largest absolute Gasteiger partial charge is 0.457 e. The maximum atomic E-state index is 5.54. The first kappa shape index (κ1) is 10.3. The first-order chi connectivity index (χ1) is 6.40. The molecule has 1 nitrogen and oxygen atoms in total. The Hall–Kier alpha value is -1.76. The van der Waals surface area contributed by atoms with E-state index in [2.05, 4.69) is 6.58 Å². The second-order valence-electron chi connectivity index (χ2n) is 2.78. The third-order valence-electron chi connectivity index (χ3n) is 1.84. The fraction of sp³-hybridized carbons (Fsp3) is 0.0769. The van der Waals surface area contributed by atoms with Crippen molar-refractivity contribution in [3.8, 4) is 0 Å². The summed E-state index contributed by atoms with van der Waals surface area (Å²) >= 11 is 0. The molecule has 2 aromatic rings. The minimum absolute atomic E-state index is 0. The van der Waals surface area contributed by atoms with Crippen LogP contribution in [0.4, 0.5) is 0 Å². The Morgan fingerprint density at radius 2 is 2.00 bits per heavy atom. The molecule has 0 atom stereocenters. The molecule has 1 heterocycles. The van der Waals surface area contributed by atoms with Gasteiger partial charge in [-0.25, -0.2) is 0 Å². The highest BCUT2D eigenvalue weighted by Gasteiger charge is 1.97. The number of hydrogen-bond acceptors (Lipinski definition) is 1. The molecule has 14 heavy (non-hydrogen) atoms. The lowest BCUT2D eigenvalue weighted by molar-refractivity contribution is 0.604. The van der Waals surface area contributed by atoms with E-state index in [4.69, 9.17) is 4.42 Å². The maximum Gasteiger partial charge on any atom is 0.134 e. The highest BCUT2D eigenvalue weighted by Crippen LogP contribution is 2.19. The molecule has 0 amide bonds. The van der Waals surface area contributed by atoms with Crippen molar-refractivity contribution in [1.82, 2.24) is 0 Å². The van der Waals surface area contributed by atoms with Crippen molar-refractivity contribution >= 4 is 17.0 Å². The van der Waals surface area contributed by atoms with E-state index in [1.165, 1.54) is 0 Å². The third kappa shape index (κ3) is 1.94. The molecule has 0 saturated carbocycles. The molecule has 0 aliphatic heterocycles. The molecule has 0 bridgehead atoms. The Bertz CT molecular complexity index is 416. The average molecular weight is 186 g/mol. The zero-order valence-corrected chi connectivity index (χ0v) is 7.23. The highest BCUT2D eigenvalue weighted by molar-refractivity contribution is 5.79. The molecular formula is C13H14O. The number of fused-ring (bicyclic) bond motifs is 1. The van der Waals surface area contributed by atoms with Crippen molar-refractivity contribution in [2.45, 2.75) is 7.43 Å². The summed E-state index contributed by atoms with van der Waals surface area (Å²) < 4.78 is 5.54. The second kappa shape index (κ2) is 4.47. The Kier molecular flexibility index (Phi) is 3.29. The quantitative estimate of drug-likeness (QED) is 0.638. The summed E-state index contributed by atoms with van der Waals surface area (Å²) in [5.74, 6) is 0.862. The fourth-order valence-electron chi connectivity index (χ4n) is 1.25. The minimum Gasteiger partial charge on any atom is -0.457 e. The average Bonchev–Trinajstić information content (AvgIpc) is 2.57. The predicted octanol–water partition coefficient (Wildman–Crippen LogP) is 4.27. The van der Waals surface area contributed by atoms with E-state index >= 15 is 0 Å². The van der Waals surface area contributed by atoms with Crippen LogP contribution in [0.25, 0.3) is 17.0 Å². The topological polar surface area (TPSA) is 13.1 Å². The summed E-state index contributed by atoms with van der Waals surface area (Å²) in [6.45, 7) is 3.60. The van der Waals surface area contributed by atoms with Crippen LogP contribution < -0.4 is 0 Å². The molecule has 0 unspecified atom stereocenters. The van der Waals surface area contributed by atoms with Gasteiger partial charge in [-0.15, -0.1) is 0 Å². The van der Waals surface area contributed by atoms with E-state index in [0.717, 1.165) is 16.7 Å². The minimum atomic E-state index is 0. The standard InChI is InChI=1S/C12H10O.CH4/c1-2-3-7-11-9-10-6-4-5-8-12(10)13-11;/h2-9H,1H2;1H4/b7-3-;. The Labute approximate surface area is 84.4 Å². The summed E-state index contributed by atoms with van der Waals surface area (Å²) in [5.41, 5.74) is 0.922. The van der Waals surface area contributed by atoms with Crippen LogP contribution in [0.15, 0.2) is 53.5 Å². The fourth-order valence-corrected chi connectivity index (χ4v) is 1.25. The van der Waals surface area contributed by atoms with E-state index in [9.17, 15) is 0 Å². The van der Waals surface area contributed by atoms with Gasteiger partial charge in [0.1, 0.15) is 11.3 Å². The van der Waals surface area contributed by atoms with Gasteiger partial charge < -0.3 is 4.42 Å². The summed E-state index contributed by atoms with van der Waals surface area (Å²) in [5, 5.41) is 1.13. The molecule has 0 radical (unpaired) electrons. The first-order valence-electron chi connectivity index (χ1n) is 4.18. The van der Waals surface area contributed by atoms with Crippen molar-refractivity contribution < 1.29 is 4.42 Å². The molecule has 0 aliphatic carbocycles. The van der Waals surface area contributed by atoms with Gasteiger partial charge in [0.25, 0.3) is 0 Å². The van der Waals surface area contributed by atoms with Gasteiger partial charge in [-0.05, 0) is 18.2 Å². The Morgan fingerprint density at radius 1 is 1.21 bits per heavy atom. The SMILES string of the molecule is C.C=C/C=C\c1cc2ccccc2o1. The van der Waals surface area contributed by atoms with Gasteiger partial charge in [-0.3, -0.25) is 0 Å². The van der Waals surface area contributed by atoms with Crippen LogP contribution in [0, 0.1) is 0 Å². The Balaban J connectivity index is 0.000000980. The normalized spacial score (nSPS) is 10.3. The molecular weight excluding hydrogens is 172 g/mol. The number of rotatable bonds is 2. The van der Waals surface area contributed by atoms with Gasteiger partial charge in [0.05, 0.1) is 0 Å². The van der Waals surface area contributed by atoms with Crippen LogP contribution >= 0.6 is 0 Å². The summed E-state index contributed by atoms with van der Waals surface area (Å²) in [7, 11) is 0. The lowest BCUT2D eigenvalue weighted by Gasteiger charge is -1.82. The Morgan fingerprint density at radius 3 is 2.71 bits per heavy atom. The van der Waals surface area contributed by atoms with Crippen LogP contribution in [-0.4, -0.2) is 0 Å². The van der Waals surface area contributed by atoms with Gasteiger partial charge in [-0.2, -0.15) is 0 Å². The molecule has 1 heteroatoms. The number of benzene rings is 1. The van der Waals surface area contributed by atoms with Crippen molar-refractivity contribution in [2.24, 2.45) is 0 Å². The lowest BCUT2D eigenvalue weighted by atomic mass is 10.2. The maximum absolute atomic E-state index is 5.54. The molecule has 2 rings (SSSR count). The number of furan rings is 1. The molecule has 0 N–H and O–H groups in total. The third-order valence-corrected chi connectivity index (χ3v) is 1.84. The van der Waals surface area contributed by atoms with Gasteiger partial charge >= 0.3 is 0 Å².